The van der Waals surface area contributed by atoms with E-state index in [9.17, 15) is 4.79 Å². The molecule has 0 saturated carbocycles. The van der Waals surface area contributed by atoms with Crippen LogP contribution in [0.2, 0.25) is 0 Å². The van der Waals surface area contributed by atoms with Gasteiger partial charge in [-0.05, 0) is 44.0 Å². The van der Waals surface area contributed by atoms with Crippen LogP contribution in [-0.4, -0.2) is 47.4 Å². The molecular formula is C17H25N3O. The number of nitrogens with zero attached hydrogens (tertiary/aromatic N) is 2. The van der Waals surface area contributed by atoms with E-state index in [-0.39, 0.29) is 5.91 Å². The summed E-state index contributed by atoms with van der Waals surface area (Å²) in [4.78, 5) is 16.3. The molecule has 2 heterocycles. The molecule has 2 aliphatic heterocycles. The lowest BCUT2D eigenvalue weighted by Crippen LogP contribution is -2.54. The number of amides is 1. The standard InChI is InChI=1S/C17H25N3O/c1-13-10-19-9-3-4-17(19)12-20(13)11-15-5-7-16(8-6-15)18-14(2)21/h5-8,13,17H,3-4,9-12H2,1-2H3,(H,18,21)/t13-,17-/m1/s1. The van der Waals surface area contributed by atoms with Crippen molar-refractivity contribution in [2.75, 3.05) is 25.0 Å². The molecule has 1 aromatic carbocycles. The van der Waals surface area contributed by atoms with E-state index < -0.39 is 0 Å². The second-order valence-electron chi connectivity index (χ2n) is 6.45. The predicted molar refractivity (Wildman–Crippen MR) is 85.2 cm³/mol. The minimum atomic E-state index is -0.0197. The van der Waals surface area contributed by atoms with E-state index in [4.69, 9.17) is 0 Å². The first-order valence-electron chi connectivity index (χ1n) is 7.96. The summed E-state index contributed by atoms with van der Waals surface area (Å²) in [5.74, 6) is -0.0197. The zero-order valence-electron chi connectivity index (χ0n) is 13.0. The molecule has 2 saturated heterocycles. The van der Waals surface area contributed by atoms with Crippen molar-refractivity contribution in [1.82, 2.24) is 9.80 Å². The number of nitrogens with one attached hydrogen (secondary N) is 1. The van der Waals surface area contributed by atoms with E-state index in [1.54, 1.807) is 0 Å². The first kappa shape index (κ1) is 14.5. The fourth-order valence-electron chi connectivity index (χ4n) is 3.60. The molecule has 0 unspecified atom stereocenters. The largest absolute Gasteiger partial charge is 0.326 e. The van der Waals surface area contributed by atoms with Crippen LogP contribution in [0.5, 0.6) is 0 Å². The highest BCUT2D eigenvalue weighted by molar-refractivity contribution is 5.88. The third kappa shape index (κ3) is 3.44. The Morgan fingerprint density at radius 2 is 2.05 bits per heavy atom. The third-order valence-corrected chi connectivity index (χ3v) is 4.73. The molecule has 1 aromatic rings. The number of benzene rings is 1. The Bertz CT molecular complexity index is 499. The van der Waals surface area contributed by atoms with Crippen molar-refractivity contribution in [2.45, 2.75) is 45.3 Å². The summed E-state index contributed by atoms with van der Waals surface area (Å²) in [5.41, 5.74) is 2.20. The van der Waals surface area contributed by atoms with E-state index in [1.165, 1.54) is 45.0 Å². The Balaban J connectivity index is 1.61. The predicted octanol–water partition coefficient (Wildman–Crippen LogP) is 2.31. The van der Waals surface area contributed by atoms with Crippen molar-refractivity contribution < 1.29 is 4.79 Å². The monoisotopic (exact) mass is 287 g/mol. The topological polar surface area (TPSA) is 35.6 Å². The molecule has 1 amide bonds. The van der Waals surface area contributed by atoms with Crippen molar-refractivity contribution in [3.8, 4) is 0 Å². The molecular weight excluding hydrogens is 262 g/mol. The summed E-state index contributed by atoms with van der Waals surface area (Å²) < 4.78 is 0. The number of carbonyl (C=O) groups is 1. The second kappa shape index (κ2) is 6.16. The van der Waals surface area contributed by atoms with Gasteiger partial charge in [-0.3, -0.25) is 14.6 Å². The van der Waals surface area contributed by atoms with Crippen LogP contribution in [0.4, 0.5) is 5.69 Å². The molecule has 0 radical (unpaired) electrons. The Hall–Kier alpha value is -1.39. The quantitative estimate of drug-likeness (QED) is 0.926. The van der Waals surface area contributed by atoms with Crippen LogP contribution in [0.25, 0.3) is 0 Å². The van der Waals surface area contributed by atoms with Gasteiger partial charge in [0, 0.05) is 44.3 Å². The van der Waals surface area contributed by atoms with Crippen molar-refractivity contribution in [2.24, 2.45) is 0 Å². The summed E-state index contributed by atoms with van der Waals surface area (Å²) in [5, 5.41) is 2.82. The highest BCUT2D eigenvalue weighted by Gasteiger charge is 2.34. The molecule has 21 heavy (non-hydrogen) atoms. The molecule has 1 N–H and O–H groups in total. The summed E-state index contributed by atoms with van der Waals surface area (Å²) in [7, 11) is 0. The first-order valence-corrected chi connectivity index (χ1v) is 7.96. The maximum atomic E-state index is 11.0. The van der Waals surface area contributed by atoms with E-state index in [0.29, 0.717) is 6.04 Å². The number of anilines is 1. The van der Waals surface area contributed by atoms with Gasteiger partial charge in [-0.15, -0.1) is 0 Å². The van der Waals surface area contributed by atoms with E-state index in [1.807, 2.05) is 12.1 Å². The number of fused-ring (bicyclic) bond motifs is 1. The maximum absolute atomic E-state index is 11.0. The average Bonchev–Trinajstić information content (AvgIpc) is 2.88. The summed E-state index contributed by atoms with van der Waals surface area (Å²) in [6, 6.07) is 9.62. The van der Waals surface area contributed by atoms with Crippen LogP contribution in [0, 0.1) is 0 Å². The van der Waals surface area contributed by atoms with Gasteiger partial charge in [0.05, 0.1) is 0 Å². The summed E-state index contributed by atoms with van der Waals surface area (Å²) >= 11 is 0. The van der Waals surface area contributed by atoms with E-state index >= 15 is 0 Å². The highest BCUT2D eigenvalue weighted by Crippen LogP contribution is 2.25. The molecule has 0 aliphatic carbocycles. The van der Waals surface area contributed by atoms with Gasteiger partial charge in [0.1, 0.15) is 0 Å². The van der Waals surface area contributed by atoms with Crippen molar-refractivity contribution in [3.05, 3.63) is 29.8 Å². The fraction of sp³-hybridized carbons (Fsp3) is 0.588. The zero-order valence-corrected chi connectivity index (χ0v) is 13.0. The fourth-order valence-corrected chi connectivity index (χ4v) is 3.60. The minimum Gasteiger partial charge on any atom is -0.326 e. The number of rotatable bonds is 3. The molecule has 4 heteroatoms. The lowest BCUT2D eigenvalue weighted by molar-refractivity contribution is -0.114. The van der Waals surface area contributed by atoms with Crippen molar-refractivity contribution >= 4 is 11.6 Å². The first-order chi connectivity index (χ1) is 10.1. The Morgan fingerprint density at radius 1 is 1.29 bits per heavy atom. The van der Waals surface area contributed by atoms with Crippen LogP contribution < -0.4 is 5.32 Å². The molecule has 2 aliphatic rings. The van der Waals surface area contributed by atoms with Crippen molar-refractivity contribution in [3.63, 3.8) is 0 Å². The molecule has 4 nitrogen and oxygen atoms in total. The van der Waals surface area contributed by atoms with Gasteiger partial charge in [-0.2, -0.15) is 0 Å². The molecule has 2 atom stereocenters. The molecule has 0 spiro atoms. The minimum absolute atomic E-state index is 0.0197. The summed E-state index contributed by atoms with van der Waals surface area (Å²) in [6.07, 6.45) is 2.71. The van der Waals surface area contributed by atoms with Gasteiger partial charge in [0.15, 0.2) is 0 Å². The van der Waals surface area contributed by atoms with E-state index in [2.05, 4.69) is 34.2 Å². The molecule has 3 rings (SSSR count). The van der Waals surface area contributed by atoms with Gasteiger partial charge in [-0.1, -0.05) is 12.1 Å². The van der Waals surface area contributed by atoms with Gasteiger partial charge in [0.2, 0.25) is 5.91 Å². The lowest BCUT2D eigenvalue weighted by atomic mass is 10.1. The van der Waals surface area contributed by atoms with Crippen LogP contribution in [0.15, 0.2) is 24.3 Å². The second-order valence-corrected chi connectivity index (χ2v) is 6.45. The third-order valence-electron chi connectivity index (χ3n) is 4.73. The van der Waals surface area contributed by atoms with Gasteiger partial charge < -0.3 is 5.32 Å². The van der Waals surface area contributed by atoms with E-state index in [0.717, 1.165) is 18.3 Å². The lowest BCUT2D eigenvalue weighted by Gasteiger charge is -2.42. The van der Waals surface area contributed by atoms with Gasteiger partial charge in [0.25, 0.3) is 0 Å². The van der Waals surface area contributed by atoms with Crippen molar-refractivity contribution in [1.29, 1.82) is 0 Å². The van der Waals surface area contributed by atoms with Gasteiger partial charge in [-0.25, -0.2) is 0 Å². The van der Waals surface area contributed by atoms with Crippen LogP contribution in [0.1, 0.15) is 32.3 Å². The summed E-state index contributed by atoms with van der Waals surface area (Å²) in [6.45, 7) is 8.56. The number of carbonyl (C=O) groups excluding carboxylic acids is 1. The SMILES string of the molecule is CC(=O)Nc1ccc(CN2C[C@H]3CCCN3C[C@H]2C)cc1. The molecule has 2 fully saturated rings. The average molecular weight is 287 g/mol. The van der Waals surface area contributed by atoms with Crippen LogP contribution in [0.3, 0.4) is 0 Å². The number of hydrogen-bond acceptors (Lipinski definition) is 3. The number of piperazine rings is 1. The van der Waals surface area contributed by atoms with Gasteiger partial charge >= 0.3 is 0 Å². The number of hydrogen-bond donors (Lipinski definition) is 1. The van der Waals surface area contributed by atoms with Crippen LogP contribution >= 0.6 is 0 Å². The molecule has 0 aromatic heterocycles. The normalized spacial score (nSPS) is 26.6. The molecule has 114 valence electrons. The van der Waals surface area contributed by atoms with Crippen LogP contribution in [-0.2, 0) is 11.3 Å². The molecule has 0 bridgehead atoms. The smallest absolute Gasteiger partial charge is 0.221 e. The Morgan fingerprint density at radius 3 is 2.76 bits per heavy atom. The maximum Gasteiger partial charge on any atom is 0.221 e. The zero-order chi connectivity index (χ0) is 14.8. The Kier molecular flexibility index (Phi) is 4.27. The Labute approximate surface area is 127 Å². The highest BCUT2D eigenvalue weighted by atomic mass is 16.1.